The van der Waals surface area contributed by atoms with E-state index in [1.165, 1.54) is 11.3 Å². The molecule has 1 aliphatic heterocycles. The molecule has 0 aromatic carbocycles. The Labute approximate surface area is 130 Å². The zero-order valence-corrected chi connectivity index (χ0v) is 13.2. The number of hydrogen-bond acceptors (Lipinski definition) is 4. The molecular weight excluding hydrogens is 338 g/mol. The molecule has 0 radical (unpaired) electrons. The highest BCUT2D eigenvalue weighted by Crippen LogP contribution is 2.28. The van der Waals surface area contributed by atoms with Crippen LogP contribution in [0.4, 0.5) is 0 Å². The smallest absolute Gasteiger partial charge is 0.264 e. The first-order chi connectivity index (χ1) is 9.75. The van der Waals surface area contributed by atoms with E-state index >= 15 is 0 Å². The molecule has 0 aliphatic carbocycles. The van der Waals surface area contributed by atoms with Gasteiger partial charge in [-0.05, 0) is 39.7 Å². The van der Waals surface area contributed by atoms with Crippen LogP contribution >= 0.6 is 27.3 Å². The maximum absolute atomic E-state index is 12.7. The van der Waals surface area contributed by atoms with E-state index in [1.54, 1.807) is 6.20 Å². The van der Waals surface area contributed by atoms with Crippen LogP contribution in [0.3, 0.4) is 0 Å². The van der Waals surface area contributed by atoms with Gasteiger partial charge in [0, 0.05) is 32.0 Å². The molecule has 1 amide bonds. The molecule has 0 saturated carbocycles. The van der Waals surface area contributed by atoms with Crippen molar-refractivity contribution < 1.29 is 4.79 Å². The van der Waals surface area contributed by atoms with Gasteiger partial charge in [-0.2, -0.15) is 0 Å². The average molecular weight is 352 g/mol. The summed E-state index contributed by atoms with van der Waals surface area (Å²) in [5, 5.41) is 3.35. The second kappa shape index (κ2) is 6.03. The predicted molar refractivity (Wildman–Crippen MR) is 82.9 cm³/mol. The highest BCUT2D eigenvalue weighted by atomic mass is 79.9. The Bertz CT molecular complexity index is 601. The van der Waals surface area contributed by atoms with E-state index < -0.39 is 0 Å². The number of hydrogen-bond donors (Lipinski definition) is 1. The molecule has 1 fully saturated rings. The van der Waals surface area contributed by atoms with E-state index in [0.29, 0.717) is 6.54 Å². The number of pyridine rings is 1. The summed E-state index contributed by atoms with van der Waals surface area (Å²) in [6.07, 6.45) is 3.59. The first kappa shape index (κ1) is 13.7. The lowest BCUT2D eigenvalue weighted by Crippen LogP contribution is -2.48. The molecule has 1 atom stereocenters. The van der Waals surface area contributed by atoms with Crippen LogP contribution in [-0.2, 0) is 0 Å². The first-order valence-corrected chi connectivity index (χ1v) is 8.03. The molecule has 0 bridgehead atoms. The van der Waals surface area contributed by atoms with E-state index in [2.05, 4.69) is 26.2 Å². The van der Waals surface area contributed by atoms with Gasteiger partial charge in [0.15, 0.2) is 0 Å². The van der Waals surface area contributed by atoms with Crippen LogP contribution in [0.1, 0.15) is 21.3 Å². The van der Waals surface area contributed by atoms with Crippen molar-refractivity contribution in [2.24, 2.45) is 0 Å². The number of amides is 1. The molecule has 1 N–H and O–H groups in total. The van der Waals surface area contributed by atoms with E-state index in [4.69, 9.17) is 0 Å². The lowest BCUT2D eigenvalue weighted by molar-refractivity contribution is 0.0639. The van der Waals surface area contributed by atoms with E-state index in [-0.39, 0.29) is 11.9 Å². The van der Waals surface area contributed by atoms with Gasteiger partial charge >= 0.3 is 0 Å². The summed E-state index contributed by atoms with van der Waals surface area (Å²) >= 11 is 4.89. The maximum atomic E-state index is 12.7. The summed E-state index contributed by atoms with van der Waals surface area (Å²) in [6.45, 7) is 2.31. The third-order valence-corrected chi connectivity index (χ3v) is 4.97. The van der Waals surface area contributed by atoms with Crippen LogP contribution < -0.4 is 5.32 Å². The fourth-order valence-corrected chi connectivity index (χ4v) is 3.73. The summed E-state index contributed by atoms with van der Waals surface area (Å²) < 4.78 is 0.980. The van der Waals surface area contributed by atoms with Crippen LogP contribution in [0.25, 0.3) is 0 Å². The topological polar surface area (TPSA) is 45.2 Å². The Morgan fingerprint density at radius 2 is 2.35 bits per heavy atom. The standard InChI is InChI=1S/C14H14BrN3OS/c15-13-4-3-12(20-13)14(19)18-7-6-17-9-11(18)10-2-1-5-16-8-10/h1-5,8,11,17H,6-7,9H2. The normalized spacial score (nSPS) is 19.1. The van der Waals surface area contributed by atoms with Gasteiger partial charge in [-0.15, -0.1) is 11.3 Å². The van der Waals surface area contributed by atoms with Crippen molar-refractivity contribution >= 4 is 33.2 Å². The Hall–Kier alpha value is -1.24. The van der Waals surface area contributed by atoms with Crippen molar-refractivity contribution in [2.75, 3.05) is 19.6 Å². The number of nitrogens with one attached hydrogen (secondary N) is 1. The van der Waals surface area contributed by atoms with Gasteiger partial charge in [0.25, 0.3) is 5.91 Å². The van der Waals surface area contributed by atoms with Gasteiger partial charge in [0.05, 0.1) is 14.7 Å². The number of aromatic nitrogens is 1. The molecule has 2 aromatic heterocycles. The van der Waals surface area contributed by atoms with Crippen LogP contribution in [-0.4, -0.2) is 35.4 Å². The maximum Gasteiger partial charge on any atom is 0.264 e. The fourth-order valence-electron chi connectivity index (χ4n) is 2.39. The summed E-state index contributed by atoms with van der Waals surface area (Å²) in [5.41, 5.74) is 1.07. The Morgan fingerprint density at radius 1 is 1.45 bits per heavy atom. The Kier molecular flexibility index (Phi) is 4.14. The highest BCUT2D eigenvalue weighted by molar-refractivity contribution is 9.11. The molecule has 104 valence electrons. The molecule has 3 heterocycles. The summed E-state index contributed by atoms with van der Waals surface area (Å²) in [6, 6.07) is 7.77. The number of rotatable bonds is 2. The fraction of sp³-hybridized carbons (Fsp3) is 0.286. The quantitative estimate of drug-likeness (QED) is 0.904. The summed E-state index contributed by atoms with van der Waals surface area (Å²) in [5.74, 6) is 0.0936. The van der Waals surface area contributed by atoms with E-state index in [1.807, 2.05) is 35.4 Å². The largest absolute Gasteiger partial charge is 0.328 e. The average Bonchev–Trinajstić information content (AvgIpc) is 2.94. The Morgan fingerprint density at radius 3 is 3.05 bits per heavy atom. The summed E-state index contributed by atoms with van der Waals surface area (Å²) in [7, 11) is 0. The molecule has 1 saturated heterocycles. The van der Waals surface area contributed by atoms with Gasteiger partial charge < -0.3 is 10.2 Å². The minimum absolute atomic E-state index is 0.0471. The van der Waals surface area contributed by atoms with Crippen LogP contribution in [0.15, 0.2) is 40.4 Å². The van der Waals surface area contributed by atoms with Gasteiger partial charge in [-0.1, -0.05) is 6.07 Å². The second-order valence-corrected chi connectivity index (χ2v) is 7.07. The molecule has 1 aliphatic rings. The van der Waals surface area contributed by atoms with Crippen molar-refractivity contribution in [3.8, 4) is 0 Å². The lowest BCUT2D eigenvalue weighted by atomic mass is 10.1. The van der Waals surface area contributed by atoms with E-state index in [0.717, 1.165) is 27.3 Å². The Balaban J connectivity index is 1.87. The molecule has 4 nitrogen and oxygen atoms in total. The number of piperazine rings is 1. The van der Waals surface area contributed by atoms with Crippen LogP contribution in [0, 0.1) is 0 Å². The monoisotopic (exact) mass is 351 g/mol. The molecule has 20 heavy (non-hydrogen) atoms. The number of carbonyl (C=O) groups excluding carboxylic acids is 1. The third-order valence-electron chi connectivity index (χ3n) is 3.36. The van der Waals surface area contributed by atoms with Crippen molar-refractivity contribution in [3.63, 3.8) is 0 Å². The number of halogens is 1. The third kappa shape index (κ3) is 2.77. The van der Waals surface area contributed by atoms with Crippen molar-refractivity contribution in [2.45, 2.75) is 6.04 Å². The lowest BCUT2D eigenvalue weighted by Gasteiger charge is -2.36. The molecular formula is C14H14BrN3OS. The molecule has 1 unspecified atom stereocenters. The highest BCUT2D eigenvalue weighted by Gasteiger charge is 2.29. The molecule has 6 heteroatoms. The van der Waals surface area contributed by atoms with Crippen LogP contribution in [0.2, 0.25) is 0 Å². The van der Waals surface area contributed by atoms with Gasteiger partial charge in [-0.25, -0.2) is 0 Å². The van der Waals surface area contributed by atoms with Gasteiger partial charge in [0.1, 0.15) is 0 Å². The number of carbonyl (C=O) groups is 1. The molecule has 2 aromatic rings. The van der Waals surface area contributed by atoms with E-state index in [9.17, 15) is 4.79 Å². The summed E-state index contributed by atoms with van der Waals surface area (Å²) in [4.78, 5) is 19.5. The number of nitrogens with zero attached hydrogens (tertiary/aromatic N) is 2. The van der Waals surface area contributed by atoms with Crippen molar-refractivity contribution in [1.82, 2.24) is 15.2 Å². The minimum Gasteiger partial charge on any atom is -0.328 e. The zero-order valence-electron chi connectivity index (χ0n) is 10.8. The van der Waals surface area contributed by atoms with Gasteiger partial charge in [-0.3, -0.25) is 9.78 Å². The van der Waals surface area contributed by atoms with Crippen LogP contribution in [0.5, 0.6) is 0 Å². The zero-order chi connectivity index (χ0) is 13.9. The first-order valence-electron chi connectivity index (χ1n) is 6.42. The minimum atomic E-state index is 0.0471. The predicted octanol–water partition coefficient (Wildman–Crippen LogP) is 2.69. The van der Waals surface area contributed by atoms with Gasteiger partial charge in [0.2, 0.25) is 0 Å². The van der Waals surface area contributed by atoms with Crippen molar-refractivity contribution in [3.05, 3.63) is 50.9 Å². The molecule has 0 spiro atoms. The number of thiophene rings is 1. The second-order valence-electron chi connectivity index (χ2n) is 4.61. The SMILES string of the molecule is O=C(c1ccc(Br)s1)N1CCNCC1c1cccnc1. The van der Waals surface area contributed by atoms with Crippen molar-refractivity contribution in [1.29, 1.82) is 0 Å². The molecule has 3 rings (SSSR count).